The van der Waals surface area contributed by atoms with Crippen LogP contribution in [0.2, 0.25) is 0 Å². The number of nitrogens with two attached hydrogens (primary N) is 1. The fourth-order valence-electron chi connectivity index (χ4n) is 1.85. The minimum absolute atomic E-state index is 0.559. The zero-order valence-corrected chi connectivity index (χ0v) is 11.3. The summed E-state index contributed by atoms with van der Waals surface area (Å²) in [6.45, 7) is 2.46. The molecule has 0 spiro atoms. The van der Waals surface area contributed by atoms with E-state index in [2.05, 4.69) is 10.1 Å². The summed E-state index contributed by atoms with van der Waals surface area (Å²) in [5, 5.41) is 4.78. The molecule has 0 radical (unpaired) electrons. The fraction of sp³-hybridized carbons (Fsp3) is 0.143. The van der Waals surface area contributed by atoms with Gasteiger partial charge in [0.05, 0.1) is 16.6 Å². The van der Waals surface area contributed by atoms with Crippen LogP contribution in [0, 0.1) is 6.92 Å². The Morgan fingerprint density at radius 2 is 2.00 bits per heavy atom. The minimum atomic E-state index is 0.559. The van der Waals surface area contributed by atoms with Crippen LogP contribution >= 0.6 is 11.3 Å². The number of thiazole rings is 1. The maximum Gasteiger partial charge on any atom is 0.142 e. The van der Waals surface area contributed by atoms with Crippen LogP contribution in [0.3, 0.4) is 0 Å². The maximum absolute atomic E-state index is 5.59. The molecule has 0 aliphatic heterocycles. The molecule has 0 fully saturated rings. The van der Waals surface area contributed by atoms with Gasteiger partial charge in [-0.15, -0.1) is 11.3 Å². The van der Waals surface area contributed by atoms with Gasteiger partial charge in [-0.3, -0.25) is 0 Å². The number of benzene rings is 1. The Morgan fingerprint density at radius 1 is 1.21 bits per heavy atom. The number of aromatic nitrogens is 2. The second kappa shape index (κ2) is 4.95. The first-order valence-corrected chi connectivity index (χ1v) is 6.76. The Hall–Kier alpha value is -1.98. The Kier molecular flexibility index (Phi) is 3.15. The molecule has 5 heteroatoms. The third-order valence-electron chi connectivity index (χ3n) is 2.96. The van der Waals surface area contributed by atoms with Gasteiger partial charge in [0.2, 0.25) is 0 Å². The second-order valence-electron chi connectivity index (χ2n) is 4.23. The predicted octanol–water partition coefficient (Wildman–Crippen LogP) is 3.23. The lowest BCUT2D eigenvalue weighted by atomic mass is 10.1. The molecular formula is C14H13N3OS. The van der Waals surface area contributed by atoms with Gasteiger partial charge in [0.15, 0.2) is 0 Å². The van der Waals surface area contributed by atoms with Gasteiger partial charge in [-0.25, -0.2) is 4.98 Å². The van der Waals surface area contributed by atoms with Crippen LogP contribution in [0.4, 0.5) is 0 Å². The topological polar surface area (TPSA) is 64.9 Å². The van der Waals surface area contributed by atoms with Crippen molar-refractivity contribution in [1.82, 2.24) is 10.1 Å². The van der Waals surface area contributed by atoms with E-state index in [1.165, 1.54) is 0 Å². The van der Waals surface area contributed by atoms with Gasteiger partial charge < -0.3 is 10.3 Å². The first kappa shape index (κ1) is 12.1. The Bertz CT molecular complexity index is 685. The third-order valence-corrected chi connectivity index (χ3v) is 4.04. The van der Waals surface area contributed by atoms with E-state index < -0.39 is 0 Å². The van der Waals surface area contributed by atoms with Crippen molar-refractivity contribution in [2.75, 3.05) is 0 Å². The van der Waals surface area contributed by atoms with Gasteiger partial charge in [0.1, 0.15) is 10.8 Å². The molecule has 0 aliphatic carbocycles. The SMILES string of the molecule is Cc1oncc1-c1cnc(-c2ccc(CN)cc2)s1. The quantitative estimate of drug-likeness (QED) is 0.794. The molecule has 4 nitrogen and oxygen atoms in total. The average Bonchev–Trinajstić information content (AvgIpc) is 3.07. The van der Waals surface area contributed by atoms with Gasteiger partial charge in [0.25, 0.3) is 0 Å². The standard InChI is InChI=1S/C14H13N3OS/c1-9-12(7-17-18-9)13-8-16-14(19-13)11-4-2-10(6-15)3-5-11/h2-5,7-8H,6,15H2,1H3. The van der Waals surface area contributed by atoms with Crippen LogP contribution in [0.25, 0.3) is 21.0 Å². The molecule has 3 rings (SSSR count). The highest BCUT2D eigenvalue weighted by atomic mass is 32.1. The van der Waals surface area contributed by atoms with Crippen molar-refractivity contribution < 1.29 is 4.52 Å². The van der Waals surface area contributed by atoms with E-state index in [0.29, 0.717) is 6.54 Å². The lowest BCUT2D eigenvalue weighted by molar-refractivity contribution is 0.398. The summed E-state index contributed by atoms with van der Waals surface area (Å²) in [6.07, 6.45) is 3.58. The lowest BCUT2D eigenvalue weighted by Crippen LogP contribution is -1.94. The number of hydrogen-bond acceptors (Lipinski definition) is 5. The number of aryl methyl sites for hydroxylation is 1. The zero-order valence-electron chi connectivity index (χ0n) is 10.5. The number of hydrogen-bond donors (Lipinski definition) is 1. The molecule has 19 heavy (non-hydrogen) atoms. The molecule has 1 aromatic carbocycles. The highest BCUT2D eigenvalue weighted by Gasteiger charge is 2.11. The van der Waals surface area contributed by atoms with Crippen molar-refractivity contribution in [2.45, 2.75) is 13.5 Å². The van der Waals surface area contributed by atoms with Crippen LogP contribution < -0.4 is 5.73 Å². The van der Waals surface area contributed by atoms with Crippen LogP contribution in [-0.4, -0.2) is 10.1 Å². The van der Waals surface area contributed by atoms with Crippen molar-refractivity contribution >= 4 is 11.3 Å². The van der Waals surface area contributed by atoms with Gasteiger partial charge in [-0.05, 0) is 12.5 Å². The first-order chi connectivity index (χ1) is 9.28. The molecule has 0 amide bonds. The highest BCUT2D eigenvalue weighted by Crippen LogP contribution is 2.33. The summed E-state index contributed by atoms with van der Waals surface area (Å²) in [6, 6.07) is 8.15. The summed E-state index contributed by atoms with van der Waals surface area (Å²) in [4.78, 5) is 5.52. The van der Waals surface area contributed by atoms with Crippen LogP contribution in [-0.2, 0) is 6.54 Å². The molecule has 0 unspecified atom stereocenters. The predicted molar refractivity (Wildman–Crippen MR) is 75.7 cm³/mol. The summed E-state index contributed by atoms with van der Waals surface area (Å²) >= 11 is 1.63. The molecule has 2 heterocycles. The van der Waals surface area contributed by atoms with Crippen LogP contribution in [0.1, 0.15) is 11.3 Å². The normalized spacial score (nSPS) is 10.8. The van der Waals surface area contributed by atoms with E-state index in [1.54, 1.807) is 17.5 Å². The average molecular weight is 271 g/mol. The minimum Gasteiger partial charge on any atom is -0.361 e. The molecule has 0 aliphatic rings. The molecule has 0 bridgehead atoms. The molecular weight excluding hydrogens is 258 g/mol. The van der Waals surface area contributed by atoms with Crippen molar-refractivity contribution in [3.8, 4) is 21.0 Å². The Labute approximate surface area is 114 Å². The summed E-state index contributed by atoms with van der Waals surface area (Å²) in [7, 11) is 0. The van der Waals surface area contributed by atoms with Gasteiger partial charge in [-0.1, -0.05) is 29.4 Å². The maximum atomic E-state index is 5.59. The van der Waals surface area contributed by atoms with Crippen LogP contribution in [0.15, 0.2) is 41.2 Å². The van der Waals surface area contributed by atoms with Crippen molar-refractivity contribution in [3.63, 3.8) is 0 Å². The van der Waals surface area contributed by atoms with Gasteiger partial charge >= 0.3 is 0 Å². The molecule has 0 saturated heterocycles. The van der Waals surface area contributed by atoms with E-state index >= 15 is 0 Å². The summed E-state index contributed by atoms with van der Waals surface area (Å²) in [5.74, 6) is 0.814. The van der Waals surface area contributed by atoms with Crippen molar-refractivity contribution in [3.05, 3.63) is 48.0 Å². The monoisotopic (exact) mass is 271 g/mol. The molecule has 2 N–H and O–H groups in total. The van der Waals surface area contributed by atoms with Gasteiger partial charge in [-0.2, -0.15) is 0 Å². The van der Waals surface area contributed by atoms with E-state index in [4.69, 9.17) is 10.3 Å². The first-order valence-electron chi connectivity index (χ1n) is 5.95. The van der Waals surface area contributed by atoms with Crippen LogP contribution in [0.5, 0.6) is 0 Å². The van der Waals surface area contributed by atoms with Gasteiger partial charge in [0, 0.05) is 18.3 Å². The Morgan fingerprint density at radius 3 is 2.63 bits per heavy atom. The summed E-state index contributed by atoms with van der Waals surface area (Å²) < 4.78 is 5.08. The van der Waals surface area contributed by atoms with Crippen molar-refractivity contribution in [1.29, 1.82) is 0 Å². The lowest BCUT2D eigenvalue weighted by Gasteiger charge is -1.98. The molecule has 96 valence electrons. The zero-order chi connectivity index (χ0) is 13.2. The molecule has 0 saturated carbocycles. The van der Waals surface area contributed by atoms with E-state index in [1.807, 2.05) is 37.4 Å². The largest absolute Gasteiger partial charge is 0.361 e. The fourth-order valence-corrected chi connectivity index (χ4v) is 2.83. The van der Waals surface area contributed by atoms with Crippen molar-refractivity contribution in [2.24, 2.45) is 5.73 Å². The Balaban J connectivity index is 1.94. The van der Waals surface area contributed by atoms with E-state index in [-0.39, 0.29) is 0 Å². The molecule has 0 atom stereocenters. The third kappa shape index (κ3) is 2.30. The van der Waals surface area contributed by atoms with E-state index in [0.717, 1.165) is 32.3 Å². The smallest absolute Gasteiger partial charge is 0.142 e. The molecule has 2 aromatic heterocycles. The molecule has 3 aromatic rings. The van der Waals surface area contributed by atoms with E-state index in [9.17, 15) is 0 Å². The second-order valence-corrected chi connectivity index (χ2v) is 5.26. The highest BCUT2D eigenvalue weighted by molar-refractivity contribution is 7.18. The number of rotatable bonds is 3. The number of nitrogens with zero attached hydrogens (tertiary/aromatic N) is 2. The summed E-state index contributed by atoms with van der Waals surface area (Å²) in [5.41, 5.74) is 8.82.